The minimum Gasteiger partial charge on any atom is -0.480 e. The minimum absolute atomic E-state index is 0. The number of carboxylic acids is 1. The van der Waals surface area contributed by atoms with E-state index < -0.39 is 11.5 Å². The maximum Gasteiger partial charge on any atom is 0.323 e. The van der Waals surface area contributed by atoms with Crippen LogP contribution in [0.5, 0.6) is 0 Å². The second kappa shape index (κ2) is 5.07. The molecule has 0 radical (unpaired) electrons. The fourth-order valence-corrected chi connectivity index (χ4v) is 2.22. The zero-order valence-electron chi connectivity index (χ0n) is 10.1. The lowest BCUT2D eigenvalue weighted by Gasteiger charge is -2.18. The molecule has 2 N–H and O–H groups in total. The summed E-state index contributed by atoms with van der Waals surface area (Å²) in [6.45, 7) is 4.55. The Morgan fingerprint density at radius 3 is 2.47 bits per heavy atom. The average molecular weight is 256 g/mol. The van der Waals surface area contributed by atoms with Crippen LogP contribution in [0.25, 0.3) is 0 Å². The molecule has 1 aromatic rings. The standard InChI is InChI=1S/C13H17NO2.ClH/c1-9-3-5-10(6-4-9)11-7-13(2,12(15)16)14-8-11;/h3-6,11,14H,7-8H2,1-2H3,(H,15,16);1H. The minimum atomic E-state index is -0.768. The van der Waals surface area contributed by atoms with Crippen molar-refractivity contribution in [1.82, 2.24) is 5.32 Å². The Bertz CT molecular complexity index is 404. The van der Waals surface area contributed by atoms with Gasteiger partial charge in [0.1, 0.15) is 5.54 Å². The Hall–Kier alpha value is -1.06. The van der Waals surface area contributed by atoms with Gasteiger partial charge in [0, 0.05) is 6.54 Å². The van der Waals surface area contributed by atoms with Gasteiger partial charge in [-0.2, -0.15) is 0 Å². The molecule has 0 aromatic heterocycles. The lowest BCUT2D eigenvalue weighted by Crippen LogP contribution is -2.44. The molecular formula is C13H18ClNO2. The number of rotatable bonds is 2. The first kappa shape index (κ1) is 14.0. The van der Waals surface area contributed by atoms with Crippen molar-refractivity contribution < 1.29 is 9.90 Å². The van der Waals surface area contributed by atoms with Crippen molar-refractivity contribution in [3.63, 3.8) is 0 Å². The number of aliphatic carboxylic acids is 1. The molecule has 2 unspecified atom stereocenters. The Balaban J connectivity index is 0.00000144. The van der Waals surface area contributed by atoms with Crippen molar-refractivity contribution >= 4 is 18.4 Å². The third-order valence-electron chi connectivity index (χ3n) is 3.41. The summed E-state index contributed by atoms with van der Waals surface area (Å²) in [5.41, 5.74) is 1.69. The smallest absolute Gasteiger partial charge is 0.323 e. The summed E-state index contributed by atoms with van der Waals surface area (Å²) < 4.78 is 0. The molecule has 1 aromatic carbocycles. The highest BCUT2D eigenvalue weighted by atomic mass is 35.5. The maximum atomic E-state index is 11.1. The molecule has 4 heteroatoms. The molecule has 0 amide bonds. The van der Waals surface area contributed by atoms with Gasteiger partial charge in [-0.15, -0.1) is 12.4 Å². The molecular weight excluding hydrogens is 238 g/mol. The van der Waals surface area contributed by atoms with Crippen molar-refractivity contribution in [2.45, 2.75) is 31.7 Å². The van der Waals surface area contributed by atoms with Crippen LogP contribution in [0.2, 0.25) is 0 Å². The van der Waals surface area contributed by atoms with Gasteiger partial charge in [0.25, 0.3) is 0 Å². The molecule has 2 rings (SSSR count). The largest absolute Gasteiger partial charge is 0.480 e. The Morgan fingerprint density at radius 2 is 2.00 bits per heavy atom. The summed E-state index contributed by atoms with van der Waals surface area (Å²) in [6.07, 6.45) is 0.658. The highest BCUT2D eigenvalue weighted by Gasteiger charge is 2.41. The summed E-state index contributed by atoms with van der Waals surface area (Å²) in [4.78, 5) is 11.1. The van der Waals surface area contributed by atoms with Gasteiger partial charge < -0.3 is 10.4 Å². The first-order valence-electron chi connectivity index (χ1n) is 5.56. The SMILES string of the molecule is Cc1ccc(C2CNC(C)(C(=O)O)C2)cc1.Cl. The zero-order chi connectivity index (χ0) is 11.8. The molecule has 0 bridgehead atoms. The van der Waals surface area contributed by atoms with E-state index in [1.807, 2.05) is 0 Å². The Labute approximate surface area is 108 Å². The van der Waals surface area contributed by atoms with Crippen molar-refractivity contribution in [1.29, 1.82) is 0 Å². The van der Waals surface area contributed by atoms with E-state index in [1.165, 1.54) is 11.1 Å². The summed E-state index contributed by atoms with van der Waals surface area (Å²) in [6, 6.07) is 8.34. The fraction of sp³-hybridized carbons (Fsp3) is 0.462. The quantitative estimate of drug-likeness (QED) is 0.853. The van der Waals surface area contributed by atoms with Crippen LogP contribution in [-0.2, 0) is 4.79 Å². The summed E-state index contributed by atoms with van der Waals surface area (Å²) >= 11 is 0. The molecule has 0 spiro atoms. The first-order valence-corrected chi connectivity index (χ1v) is 5.56. The summed E-state index contributed by atoms with van der Waals surface area (Å²) in [7, 11) is 0. The number of hydrogen-bond donors (Lipinski definition) is 2. The monoisotopic (exact) mass is 255 g/mol. The number of nitrogens with one attached hydrogen (secondary N) is 1. The van der Waals surface area contributed by atoms with E-state index in [2.05, 4.69) is 36.5 Å². The number of carboxylic acid groups (broad SMARTS) is 1. The van der Waals surface area contributed by atoms with Crippen molar-refractivity contribution in [3.05, 3.63) is 35.4 Å². The molecule has 1 aliphatic rings. The third kappa shape index (κ3) is 2.79. The molecule has 2 atom stereocenters. The predicted octanol–water partition coefficient (Wildman–Crippen LogP) is 2.34. The number of benzene rings is 1. The van der Waals surface area contributed by atoms with Crippen molar-refractivity contribution in [3.8, 4) is 0 Å². The van der Waals surface area contributed by atoms with E-state index in [1.54, 1.807) is 6.92 Å². The van der Waals surface area contributed by atoms with Crippen LogP contribution in [-0.4, -0.2) is 23.2 Å². The lowest BCUT2D eigenvalue weighted by molar-refractivity contribution is -0.143. The van der Waals surface area contributed by atoms with Crippen LogP contribution in [0.3, 0.4) is 0 Å². The van der Waals surface area contributed by atoms with Crippen molar-refractivity contribution in [2.75, 3.05) is 6.54 Å². The van der Waals surface area contributed by atoms with Crippen molar-refractivity contribution in [2.24, 2.45) is 0 Å². The highest BCUT2D eigenvalue weighted by molar-refractivity contribution is 5.85. The average Bonchev–Trinajstić information content (AvgIpc) is 2.63. The molecule has 1 heterocycles. The highest BCUT2D eigenvalue weighted by Crippen LogP contribution is 2.32. The van der Waals surface area contributed by atoms with E-state index in [0.717, 1.165) is 6.54 Å². The van der Waals surface area contributed by atoms with E-state index in [9.17, 15) is 4.79 Å². The molecule has 1 fully saturated rings. The van der Waals surface area contributed by atoms with Crippen LogP contribution in [0.15, 0.2) is 24.3 Å². The Kier molecular flexibility index (Phi) is 4.17. The van der Waals surface area contributed by atoms with Crippen LogP contribution in [0, 0.1) is 6.92 Å². The maximum absolute atomic E-state index is 11.1. The topological polar surface area (TPSA) is 49.3 Å². The second-order valence-corrected chi connectivity index (χ2v) is 4.83. The van der Waals surface area contributed by atoms with E-state index in [4.69, 9.17) is 5.11 Å². The number of hydrogen-bond acceptors (Lipinski definition) is 2. The molecule has 0 saturated carbocycles. The number of halogens is 1. The van der Waals surface area contributed by atoms with Crippen LogP contribution in [0.4, 0.5) is 0 Å². The van der Waals surface area contributed by atoms with Gasteiger partial charge in [-0.05, 0) is 31.7 Å². The molecule has 17 heavy (non-hydrogen) atoms. The van der Waals surface area contributed by atoms with Gasteiger partial charge >= 0.3 is 5.97 Å². The van der Waals surface area contributed by atoms with Gasteiger partial charge in [-0.25, -0.2) is 0 Å². The normalized spacial score (nSPS) is 27.5. The number of carbonyl (C=O) groups is 1. The van der Waals surface area contributed by atoms with Crippen LogP contribution >= 0.6 is 12.4 Å². The molecule has 1 saturated heterocycles. The third-order valence-corrected chi connectivity index (χ3v) is 3.41. The second-order valence-electron chi connectivity index (χ2n) is 4.83. The molecule has 94 valence electrons. The zero-order valence-corrected chi connectivity index (χ0v) is 10.9. The van der Waals surface area contributed by atoms with E-state index >= 15 is 0 Å². The lowest BCUT2D eigenvalue weighted by atomic mass is 9.90. The summed E-state index contributed by atoms with van der Waals surface area (Å²) in [5.74, 6) is -0.455. The number of aryl methyl sites for hydroxylation is 1. The van der Waals surface area contributed by atoms with Gasteiger partial charge in [0.2, 0.25) is 0 Å². The predicted molar refractivity (Wildman–Crippen MR) is 69.8 cm³/mol. The van der Waals surface area contributed by atoms with E-state index in [0.29, 0.717) is 12.3 Å². The molecule has 1 aliphatic heterocycles. The molecule has 0 aliphatic carbocycles. The van der Waals surface area contributed by atoms with Crippen LogP contribution < -0.4 is 5.32 Å². The van der Waals surface area contributed by atoms with E-state index in [-0.39, 0.29) is 12.4 Å². The van der Waals surface area contributed by atoms with Crippen LogP contribution in [0.1, 0.15) is 30.4 Å². The van der Waals surface area contributed by atoms with Gasteiger partial charge in [0.05, 0.1) is 0 Å². The summed E-state index contributed by atoms with van der Waals surface area (Å²) in [5, 5.41) is 12.2. The fourth-order valence-electron chi connectivity index (χ4n) is 2.22. The van der Waals surface area contributed by atoms with Gasteiger partial charge in [-0.1, -0.05) is 29.8 Å². The van der Waals surface area contributed by atoms with Gasteiger partial charge in [-0.3, -0.25) is 4.79 Å². The first-order chi connectivity index (χ1) is 7.51. The van der Waals surface area contributed by atoms with Gasteiger partial charge in [0.15, 0.2) is 0 Å². The molecule has 3 nitrogen and oxygen atoms in total. The Morgan fingerprint density at radius 1 is 1.41 bits per heavy atom.